The van der Waals surface area contributed by atoms with Crippen LogP contribution in [0.2, 0.25) is 0 Å². The lowest BCUT2D eigenvalue weighted by atomic mass is 10.1. The van der Waals surface area contributed by atoms with E-state index in [0.29, 0.717) is 6.61 Å². The molecule has 0 fully saturated rings. The Hall–Kier alpha value is -3.60. The molecule has 3 aromatic rings. The van der Waals surface area contributed by atoms with Crippen molar-refractivity contribution in [2.24, 2.45) is 5.10 Å². The Kier molecular flexibility index (Phi) is 8.03. The third-order valence-electron chi connectivity index (χ3n) is 4.53. The van der Waals surface area contributed by atoms with Crippen molar-refractivity contribution in [3.05, 3.63) is 95.6 Å². The monoisotopic (exact) mass is 402 g/mol. The van der Waals surface area contributed by atoms with Gasteiger partial charge in [0.05, 0.1) is 26.4 Å². The first-order chi connectivity index (χ1) is 14.7. The standard InChI is InChI=1S/C25H26N2O3/c1-29-23-13-9-21(10-14-23)18-25(28)27-26-19-22-11-15-24(16-12-22)30-17-5-8-20-6-3-2-4-7-20/h2-4,6-7,9-16,19H,5,8,17-18H2,1H3,(H,27,28)/b26-19-. The zero-order valence-corrected chi connectivity index (χ0v) is 17.1. The molecular formula is C25H26N2O3. The van der Waals surface area contributed by atoms with Gasteiger partial charge in [-0.15, -0.1) is 0 Å². The summed E-state index contributed by atoms with van der Waals surface area (Å²) in [5, 5.41) is 4.02. The van der Waals surface area contributed by atoms with Crippen molar-refractivity contribution in [2.45, 2.75) is 19.3 Å². The van der Waals surface area contributed by atoms with E-state index in [-0.39, 0.29) is 12.3 Å². The van der Waals surface area contributed by atoms with Gasteiger partial charge in [0.2, 0.25) is 5.91 Å². The maximum Gasteiger partial charge on any atom is 0.244 e. The highest BCUT2D eigenvalue weighted by atomic mass is 16.5. The van der Waals surface area contributed by atoms with Crippen LogP contribution in [0.5, 0.6) is 11.5 Å². The van der Waals surface area contributed by atoms with E-state index in [9.17, 15) is 4.79 Å². The number of hydrogen-bond acceptors (Lipinski definition) is 4. The molecule has 30 heavy (non-hydrogen) atoms. The second kappa shape index (κ2) is 11.4. The van der Waals surface area contributed by atoms with Crippen LogP contribution in [-0.2, 0) is 17.6 Å². The van der Waals surface area contributed by atoms with Crippen molar-refractivity contribution in [1.29, 1.82) is 0 Å². The molecule has 0 saturated carbocycles. The molecule has 0 saturated heterocycles. The summed E-state index contributed by atoms with van der Waals surface area (Å²) in [6, 6.07) is 25.4. The first-order valence-corrected chi connectivity index (χ1v) is 9.94. The molecule has 0 heterocycles. The maximum absolute atomic E-state index is 12.0. The number of nitrogens with one attached hydrogen (secondary N) is 1. The summed E-state index contributed by atoms with van der Waals surface area (Å²) < 4.78 is 10.9. The molecule has 0 radical (unpaired) electrons. The van der Waals surface area contributed by atoms with Crippen molar-refractivity contribution < 1.29 is 14.3 Å². The topological polar surface area (TPSA) is 59.9 Å². The Balaban J connectivity index is 1.37. The van der Waals surface area contributed by atoms with Crippen LogP contribution < -0.4 is 14.9 Å². The molecule has 0 unspecified atom stereocenters. The molecule has 5 nitrogen and oxygen atoms in total. The Bertz CT molecular complexity index is 936. The van der Waals surface area contributed by atoms with E-state index in [1.165, 1.54) is 5.56 Å². The summed E-state index contributed by atoms with van der Waals surface area (Å²) in [5.41, 5.74) is 5.66. The van der Waals surface area contributed by atoms with Crippen LogP contribution in [0.4, 0.5) is 0 Å². The second-order valence-corrected chi connectivity index (χ2v) is 6.82. The van der Waals surface area contributed by atoms with E-state index in [0.717, 1.165) is 35.5 Å². The fourth-order valence-electron chi connectivity index (χ4n) is 2.91. The van der Waals surface area contributed by atoms with Crippen LogP contribution in [0.1, 0.15) is 23.1 Å². The number of amides is 1. The zero-order chi connectivity index (χ0) is 21.0. The van der Waals surface area contributed by atoms with E-state index in [1.54, 1.807) is 13.3 Å². The van der Waals surface area contributed by atoms with E-state index in [2.05, 4.69) is 34.8 Å². The lowest BCUT2D eigenvalue weighted by Crippen LogP contribution is -2.19. The number of carbonyl (C=O) groups excluding carboxylic acids is 1. The first-order valence-electron chi connectivity index (χ1n) is 9.94. The van der Waals surface area contributed by atoms with Crippen LogP contribution in [0.25, 0.3) is 0 Å². The summed E-state index contributed by atoms with van der Waals surface area (Å²) in [5.74, 6) is 1.42. The van der Waals surface area contributed by atoms with Crippen molar-refractivity contribution in [3.63, 3.8) is 0 Å². The number of nitrogens with zero attached hydrogens (tertiary/aromatic N) is 1. The van der Waals surface area contributed by atoms with Crippen LogP contribution in [0, 0.1) is 0 Å². The Morgan fingerprint density at radius 3 is 2.30 bits per heavy atom. The number of hydrazone groups is 1. The van der Waals surface area contributed by atoms with Crippen LogP contribution in [-0.4, -0.2) is 25.8 Å². The van der Waals surface area contributed by atoms with Gasteiger partial charge in [-0.05, 0) is 65.9 Å². The van der Waals surface area contributed by atoms with Gasteiger partial charge in [0, 0.05) is 0 Å². The van der Waals surface area contributed by atoms with Gasteiger partial charge in [-0.1, -0.05) is 42.5 Å². The number of ether oxygens (including phenoxy) is 2. The minimum atomic E-state index is -0.171. The number of carbonyl (C=O) groups is 1. The molecule has 0 aromatic heterocycles. The van der Waals surface area contributed by atoms with E-state index >= 15 is 0 Å². The van der Waals surface area contributed by atoms with Gasteiger partial charge in [-0.25, -0.2) is 5.43 Å². The van der Waals surface area contributed by atoms with Crippen molar-refractivity contribution in [3.8, 4) is 11.5 Å². The summed E-state index contributed by atoms with van der Waals surface area (Å²) in [7, 11) is 1.61. The highest BCUT2D eigenvalue weighted by Crippen LogP contribution is 2.13. The molecule has 154 valence electrons. The third-order valence-corrected chi connectivity index (χ3v) is 4.53. The van der Waals surface area contributed by atoms with E-state index < -0.39 is 0 Å². The molecule has 5 heteroatoms. The molecule has 0 spiro atoms. The third kappa shape index (κ3) is 7.09. The molecule has 0 aliphatic heterocycles. The molecular weight excluding hydrogens is 376 g/mol. The predicted molar refractivity (Wildman–Crippen MR) is 119 cm³/mol. The van der Waals surface area contributed by atoms with Gasteiger partial charge in [-0.2, -0.15) is 5.10 Å². The molecule has 3 rings (SSSR count). The summed E-state index contributed by atoms with van der Waals surface area (Å²) in [6.45, 7) is 0.670. The fraction of sp³-hybridized carbons (Fsp3) is 0.200. The quantitative estimate of drug-likeness (QED) is 0.311. The van der Waals surface area contributed by atoms with E-state index in [1.807, 2.05) is 54.6 Å². The number of aryl methyl sites for hydroxylation is 1. The van der Waals surface area contributed by atoms with Gasteiger partial charge in [0.15, 0.2) is 0 Å². The molecule has 0 atom stereocenters. The largest absolute Gasteiger partial charge is 0.497 e. The molecule has 0 aliphatic carbocycles. The zero-order valence-electron chi connectivity index (χ0n) is 17.1. The average molecular weight is 402 g/mol. The van der Waals surface area contributed by atoms with Gasteiger partial charge in [-0.3, -0.25) is 4.79 Å². The summed E-state index contributed by atoms with van der Waals surface area (Å²) >= 11 is 0. The Morgan fingerprint density at radius 1 is 0.900 bits per heavy atom. The average Bonchev–Trinajstić information content (AvgIpc) is 2.79. The number of rotatable bonds is 10. The lowest BCUT2D eigenvalue weighted by Gasteiger charge is -2.06. The molecule has 1 amide bonds. The minimum absolute atomic E-state index is 0.171. The van der Waals surface area contributed by atoms with Crippen LogP contribution in [0.15, 0.2) is 84.0 Å². The van der Waals surface area contributed by atoms with Crippen molar-refractivity contribution >= 4 is 12.1 Å². The second-order valence-electron chi connectivity index (χ2n) is 6.82. The predicted octanol–water partition coefficient (Wildman–Crippen LogP) is 4.40. The molecule has 3 aromatic carbocycles. The highest BCUT2D eigenvalue weighted by molar-refractivity contribution is 5.83. The van der Waals surface area contributed by atoms with Crippen molar-refractivity contribution in [2.75, 3.05) is 13.7 Å². The van der Waals surface area contributed by atoms with Crippen molar-refractivity contribution in [1.82, 2.24) is 5.43 Å². The summed E-state index contributed by atoms with van der Waals surface area (Å²) in [4.78, 5) is 12.0. The van der Waals surface area contributed by atoms with Crippen LogP contribution in [0.3, 0.4) is 0 Å². The normalized spacial score (nSPS) is 10.7. The lowest BCUT2D eigenvalue weighted by molar-refractivity contribution is -0.120. The number of methoxy groups -OCH3 is 1. The SMILES string of the molecule is COc1ccc(CC(=O)N/N=C\c2ccc(OCCCc3ccccc3)cc2)cc1. The van der Waals surface area contributed by atoms with Gasteiger partial charge in [0.25, 0.3) is 0 Å². The molecule has 1 N–H and O–H groups in total. The Labute approximate surface area is 177 Å². The number of benzene rings is 3. The molecule has 0 aliphatic rings. The van der Waals surface area contributed by atoms with Gasteiger partial charge < -0.3 is 9.47 Å². The molecule has 0 bridgehead atoms. The summed E-state index contributed by atoms with van der Waals surface area (Å²) in [6.07, 6.45) is 3.84. The van der Waals surface area contributed by atoms with Crippen LogP contribution >= 0.6 is 0 Å². The number of hydrogen-bond donors (Lipinski definition) is 1. The van der Waals surface area contributed by atoms with E-state index in [4.69, 9.17) is 9.47 Å². The minimum Gasteiger partial charge on any atom is -0.497 e. The van der Waals surface area contributed by atoms with Gasteiger partial charge >= 0.3 is 0 Å². The fourth-order valence-corrected chi connectivity index (χ4v) is 2.91. The first kappa shape index (κ1) is 21.1. The smallest absolute Gasteiger partial charge is 0.244 e. The van der Waals surface area contributed by atoms with Gasteiger partial charge in [0.1, 0.15) is 11.5 Å². The highest BCUT2D eigenvalue weighted by Gasteiger charge is 2.02. The Morgan fingerprint density at radius 2 is 1.60 bits per heavy atom. The maximum atomic E-state index is 12.0.